The molecule has 2 aromatic heterocycles. The summed E-state index contributed by atoms with van der Waals surface area (Å²) in [5, 5.41) is 4.04. The fourth-order valence-electron chi connectivity index (χ4n) is 3.35. The number of nitrogens with zero attached hydrogens (tertiary/aromatic N) is 1. The molecule has 3 N–H and O–H groups in total. The fraction of sp³-hybridized carbons (Fsp3) is 0.263. The smallest absolute Gasteiger partial charge is 0.292 e. The molecule has 0 saturated carbocycles. The number of carbonyl (C=O) groups is 2. The first kappa shape index (κ1) is 17.6. The Morgan fingerprint density at radius 3 is 2.93 bits per heavy atom. The number of likely N-dealkylation sites (N-methyl/N-ethyl adjacent to an activating group) is 1. The topological polar surface area (TPSA) is 97.8 Å². The molecule has 0 aliphatic carbocycles. The predicted molar refractivity (Wildman–Crippen MR) is 104 cm³/mol. The number of carbonyl (C=O) groups excluding carboxylic acids is 2. The molecule has 0 fully saturated rings. The van der Waals surface area contributed by atoms with Crippen molar-refractivity contribution in [3.8, 4) is 5.75 Å². The van der Waals surface area contributed by atoms with Gasteiger partial charge in [-0.15, -0.1) is 11.3 Å². The van der Waals surface area contributed by atoms with Gasteiger partial charge in [-0.05, 0) is 31.2 Å². The summed E-state index contributed by atoms with van der Waals surface area (Å²) >= 11 is 1.39. The molecule has 0 bridgehead atoms. The number of para-hydroxylation sites is 1. The molecule has 27 heavy (non-hydrogen) atoms. The third kappa shape index (κ3) is 3.07. The maximum Gasteiger partial charge on any atom is 0.292 e. The van der Waals surface area contributed by atoms with Crippen molar-refractivity contribution in [2.45, 2.75) is 13.0 Å². The Balaban J connectivity index is 1.68. The number of hydrogen-bond donors (Lipinski definition) is 2. The van der Waals surface area contributed by atoms with E-state index in [1.165, 1.54) is 11.3 Å². The molecule has 0 spiro atoms. The van der Waals surface area contributed by atoms with E-state index >= 15 is 0 Å². The third-order valence-corrected chi connectivity index (χ3v) is 5.81. The van der Waals surface area contributed by atoms with Crippen LogP contribution in [0, 0.1) is 0 Å². The van der Waals surface area contributed by atoms with Crippen LogP contribution in [0.15, 0.2) is 28.7 Å². The second-order valence-electron chi connectivity index (χ2n) is 6.50. The van der Waals surface area contributed by atoms with Crippen LogP contribution in [0.1, 0.15) is 31.4 Å². The summed E-state index contributed by atoms with van der Waals surface area (Å²) in [5.74, 6) is -0.256. The quantitative estimate of drug-likeness (QED) is 0.720. The average Bonchev–Trinajstić information content (AvgIpc) is 3.21. The van der Waals surface area contributed by atoms with Gasteiger partial charge in [0.1, 0.15) is 5.00 Å². The number of primary amides is 1. The number of hydrogen-bond acceptors (Lipinski definition) is 6. The van der Waals surface area contributed by atoms with Crippen molar-refractivity contribution in [1.82, 2.24) is 4.90 Å². The standard InChI is InChI=1S/C19H19N3O4S/c1-22-7-6-11-14(9-22)27-19(15(11)17(20)23)21-18(24)13-8-10-4-3-5-12(25-2)16(10)26-13/h3-5,8H,6-7,9H2,1-2H3,(H2,20,23)(H,21,24). The van der Waals surface area contributed by atoms with E-state index in [9.17, 15) is 9.59 Å². The minimum absolute atomic E-state index is 0.147. The van der Waals surface area contributed by atoms with Crippen LogP contribution in [0.4, 0.5) is 5.00 Å². The lowest BCUT2D eigenvalue weighted by atomic mass is 10.0. The van der Waals surface area contributed by atoms with Gasteiger partial charge in [0.25, 0.3) is 11.8 Å². The Morgan fingerprint density at radius 1 is 1.37 bits per heavy atom. The van der Waals surface area contributed by atoms with E-state index in [0.717, 1.165) is 35.3 Å². The average molecular weight is 385 g/mol. The Morgan fingerprint density at radius 2 is 2.19 bits per heavy atom. The molecule has 0 unspecified atom stereocenters. The lowest BCUT2D eigenvalue weighted by Gasteiger charge is -2.22. The Labute approximate surface area is 159 Å². The van der Waals surface area contributed by atoms with Crippen LogP contribution in [0.3, 0.4) is 0 Å². The van der Waals surface area contributed by atoms with Gasteiger partial charge in [0.05, 0.1) is 12.7 Å². The maximum absolute atomic E-state index is 12.7. The summed E-state index contributed by atoms with van der Waals surface area (Å²) < 4.78 is 11.0. The first-order chi connectivity index (χ1) is 13.0. The number of furan rings is 1. The number of nitrogens with two attached hydrogens (primary N) is 1. The number of rotatable bonds is 4. The summed E-state index contributed by atoms with van der Waals surface area (Å²) in [6.07, 6.45) is 0.734. The van der Waals surface area contributed by atoms with Gasteiger partial charge in [0, 0.05) is 23.4 Å². The first-order valence-corrected chi connectivity index (χ1v) is 9.30. The fourth-order valence-corrected chi connectivity index (χ4v) is 4.68. The van der Waals surface area contributed by atoms with Crippen LogP contribution in [-0.4, -0.2) is 37.4 Å². The summed E-state index contributed by atoms with van der Waals surface area (Å²) in [6, 6.07) is 7.08. The van der Waals surface area contributed by atoms with Crippen LogP contribution in [0.25, 0.3) is 11.0 Å². The molecular weight excluding hydrogens is 366 g/mol. The Bertz CT molecular complexity index is 1050. The molecule has 1 aliphatic heterocycles. The van der Waals surface area contributed by atoms with E-state index in [1.807, 2.05) is 19.2 Å². The predicted octanol–water partition coefficient (Wildman–Crippen LogP) is 2.84. The van der Waals surface area contributed by atoms with Gasteiger partial charge in [0.2, 0.25) is 0 Å². The molecule has 3 aromatic rings. The van der Waals surface area contributed by atoms with Gasteiger partial charge in [-0.1, -0.05) is 12.1 Å². The third-order valence-electron chi connectivity index (χ3n) is 4.67. The number of nitrogens with one attached hydrogen (secondary N) is 1. The second-order valence-corrected chi connectivity index (χ2v) is 7.61. The van der Waals surface area contributed by atoms with Crippen LogP contribution < -0.4 is 15.8 Å². The highest BCUT2D eigenvalue weighted by Crippen LogP contribution is 2.37. The zero-order valence-electron chi connectivity index (χ0n) is 15.0. The molecule has 2 amide bonds. The summed E-state index contributed by atoms with van der Waals surface area (Å²) in [4.78, 5) is 28.0. The van der Waals surface area contributed by atoms with Crippen molar-refractivity contribution in [2.24, 2.45) is 5.73 Å². The van der Waals surface area contributed by atoms with Crippen molar-refractivity contribution in [2.75, 3.05) is 26.0 Å². The number of ether oxygens (including phenoxy) is 1. The summed E-state index contributed by atoms with van der Waals surface area (Å²) in [7, 11) is 3.57. The molecule has 0 atom stereocenters. The molecule has 1 aliphatic rings. The van der Waals surface area contributed by atoms with E-state index in [1.54, 1.807) is 19.2 Å². The second kappa shape index (κ2) is 6.71. The van der Waals surface area contributed by atoms with Crippen molar-refractivity contribution in [3.63, 3.8) is 0 Å². The van der Waals surface area contributed by atoms with Crippen molar-refractivity contribution < 1.29 is 18.7 Å². The monoisotopic (exact) mass is 385 g/mol. The number of amides is 2. The van der Waals surface area contributed by atoms with Crippen molar-refractivity contribution >= 4 is 39.1 Å². The molecule has 3 heterocycles. The zero-order chi connectivity index (χ0) is 19.1. The summed E-state index contributed by atoms with van der Waals surface area (Å²) in [6.45, 7) is 1.58. The van der Waals surface area contributed by atoms with E-state index in [4.69, 9.17) is 14.9 Å². The molecule has 0 saturated heterocycles. The van der Waals surface area contributed by atoms with E-state index < -0.39 is 11.8 Å². The molecule has 1 aromatic carbocycles. The van der Waals surface area contributed by atoms with E-state index in [2.05, 4.69) is 10.2 Å². The number of benzene rings is 1. The largest absolute Gasteiger partial charge is 0.493 e. The van der Waals surface area contributed by atoms with Crippen LogP contribution in [0.2, 0.25) is 0 Å². The first-order valence-electron chi connectivity index (χ1n) is 8.48. The molecule has 7 nitrogen and oxygen atoms in total. The number of anilines is 1. The molecule has 8 heteroatoms. The molecule has 0 radical (unpaired) electrons. The van der Waals surface area contributed by atoms with Gasteiger partial charge in [-0.2, -0.15) is 0 Å². The van der Waals surface area contributed by atoms with Gasteiger partial charge in [-0.25, -0.2) is 0 Å². The molecule has 140 valence electrons. The van der Waals surface area contributed by atoms with Gasteiger partial charge in [0.15, 0.2) is 17.1 Å². The Kier molecular flexibility index (Phi) is 4.37. The van der Waals surface area contributed by atoms with Gasteiger partial charge in [-0.3, -0.25) is 9.59 Å². The van der Waals surface area contributed by atoms with Crippen molar-refractivity contribution in [1.29, 1.82) is 0 Å². The number of methoxy groups -OCH3 is 1. The zero-order valence-corrected chi connectivity index (χ0v) is 15.8. The molecular formula is C19H19N3O4S. The lowest BCUT2D eigenvalue weighted by Crippen LogP contribution is -2.27. The van der Waals surface area contributed by atoms with Gasteiger partial charge < -0.3 is 25.1 Å². The normalized spacial score (nSPS) is 14.1. The van der Waals surface area contributed by atoms with Crippen LogP contribution in [0.5, 0.6) is 5.75 Å². The maximum atomic E-state index is 12.7. The SMILES string of the molecule is COc1cccc2cc(C(=O)Nc3sc4c(c3C(N)=O)CCN(C)C4)oc12. The highest BCUT2D eigenvalue weighted by atomic mass is 32.1. The summed E-state index contributed by atoms with van der Waals surface area (Å²) in [5.41, 5.74) is 7.45. The Hall–Kier alpha value is -2.84. The van der Waals surface area contributed by atoms with Gasteiger partial charge >= 0.3 is 0 Å². The van der Waals surface area contributed by atoms with Crippen LogP contribution in [-0.2, 0) is 13.0 Å². The number of thiophene rings is 1. The van der Waals surface area contributed by atoms with Crippen LogP contribution >= 0.6 is 11.3 Å². The number of fused-ring (bicyclic) bond motifs is 2. The lowest BCUT2D eigenvalue weighted by molar-refractivity contribution is 0.0999. The molecule has 4 rings (SSSR count). The highest BCUT2D eigenvalue weighted by Gasteiger charge is 2.27. The van der Waals surface area contributed by atoms with E-state index in [0.29, 0.717) is 21.9 Å². The minimum atomic E-state index is -0.529. The minimum Gasteiger partial charge on any atom is -0.493 e. The van der Waals surface area contributed by atoms with E-state index in [-0.39, 0.29) is 5.76 Å². The highest BCUT2D eigenvalue weighted by molar-refractivity contribution is 7.17. The van der Waals surface area contributed by atoms with Crippen molar-refractivity contribution in [3.05, 3.63) is 46.0 Å².